The smallest absolute Gasteiger partial charge is 0.261 e. The molecule has 0 saturated carbocycles. The summed E-state index contributed by atoms with van der Waals surface area (Å²) in [6, 6.07) is 13.6. The molecule has 3 aromatic rings. The number of hydrogen-bond acceptors (Lipinski definition) is 6. The third-order valence-corrected chi connectivity index (χ3v) is 5.98. The lowest BCUT2D eigenvalue weighted by Gasteiger charge is -2.18. The van der Waals surface area contributed by atoms with Gasteiger partial charge in [-0.05, 0) is 37.1 Å². The van der Waals surface area contributed by atoms with Gasteiger partial charge in [0.25, 0.3) is 11.8 Å². The Morgan fingerprint density at radius 1 is 1.06 bits per heavy atom. The maximum atomic E-state index is 14.0. The first-order chi connectivity index (χ1) is 15.7. The molecule has 2 fully saturated rings. The number of carbonyl (C=O) groups excluding carboxylic acids is 1. The van der Waals surface area contributed by atoms with Crippen LogP contribution < -0.4 is 4.74 Å². The Balaban J connectivity index is 1.29. The fourth-order valence-corrected chi connectivity index (χ4v) is 4.21. The van der Waals surface area contributed by atoms with Gasteiger partial charge in [-0.15, -0.1) is 0 Å². The molecular formula is C24H24FN3O4. The molecule has 0 N–H and O–H groups in total. The molecule has 0 bridgehead atoms. The number of carbonyl (C=O) groups is 1. The number of halogens is 1. The molecule has 1 amide bonds. The molecule has 5 rings (SSSR count). The van der Waals surface area contributed by atoms with Gasteiger partial charge in [-0.2, -0.15) is 4.98 Å². The van der Waals surface area contributed by atoms with Crippen molar-refractivity contribution in [2.45, 2.75) is 31.3 Å². The van der Waals surface area contributed by atoms with Gasteiger partial charge in [-0.25, -0.2) is 4.39 Å². The third-order valence-electron chi connectivity index (χ3n) is 5.98. The molecule has 0 spiro atoms. The van der Waals surface area contributed by atoms with E-state index in [-0.39, 0.29) is 23.5 Å². The van der Waals surface area contributed by atoms with Crippen molar-refractivity contribution in [3.05, 3.63) is 65.7 Å². The minimum atomic E-state index is -0.510. The van der Waals surface area contributed by atoms with Gasteiger partial charge < -0.3 is 18.9 Å². The first-order valence-corrected chi connectivity index (χ1v) is 10.9. The quantitative estimate of drug-likeness (QED) is 0.599. The summed E-state index contributed by atoms with van der Waals surface area (Å²) < 4.78 is 31.2. The van der Waals surface area contributed by atoms with Gasteiger partial charge in [0.1, 0.15) is 17.7 Å². The van der Waals surface area contributed by atoms with Gasteiger partial charge >= 0.3 is 0 Å². The van der Waals surface area contributed by atoms with Crippen molar-refractivity contribution >= 4 is 5.91 Å². The number of para-hydroxylation sites is 1. The maximum absolute atomic E-state index is 14.0. The fourth-order valence-electron chi connectivity index (χ4n) is 4.21. The normalized spacial score (nSPS) is 19.3. The van der Waals surface area contributed by atoms with Crippen LogP contribution in [0.5, 0.6) is 5.75 Å². The standard InChI is InChI=1S/C24H24FN3O4/c25-20-7-3-1-5-18(20)24(29)28-12-9-17(15-28)31-21-8-4-2-6-19(21)23-26-22(27-32-23)16-10-13-30-14-11-16/h1-8,16-17H,9-15H2. The van der Waals surface area contributed by atoms with Crippen molar-refractivity contribution in [3.8, 4) is 17.2 Å². The van der Waals surface area contributed by atoms with Crippen LogP contribution in [0.4, 0.5) is 4.39 Å². The van der Waals surface area contributed by atoms with E-state index in [1.165, 1.54) is 12.1 Å². The summed E-state index contributed by atoms with van der Waals surface area (Å²) in [7, 11) is 0. The topological polar surface area (TPSA) is 77.7 Å². The first kappa shape index (κ1) is 20.6. The molecule has 1 unspecified atom stereocenters. The number of hydrogen-bond donors (Lipinski definition) is 0. The van der Waals surface area contributed by atoms with E-state index in [0.717, 1.165) is 18.4 Å². The summed E-state index contributed by atoms with van der Waals surface area (Å²) in [5.41, 5.74) is 0.803. The van der Waals surface area contributed by atoms with E-state index in [1.807, 2.05) is 24.3 Å². The highest BCUT2D eigenvalue weighted by Crippen LogP contribution is 2.33. The molecule has 2 saturated heterocycles. The van der Waals surface area contributed by atoms with Crippen LogP contribution in [-0.2, 0) is 4.74 Å². The molecule has 166 valence electrons. The van der Waals surface area contributed by atoms with E-state index in [1.54, 1.807) is 17.0 Å². The molecule has 8 heteroatoms. The summed E-state index contributed by atoms with van der Waals surface area (Å²) in [6.45, 7) is 2.31. The van der Waals surface area contributed by atoms with Gasteiger partial charge in [-0.3, -0.25) is 4.79 Å². The summed E-state index contributed by atoms with van der Waals surface area (Å²) in [4.78, 5) is 18.9. The zero-order valence-electron chi connectivity index (χ0n) is 17.6. The lowest BCUT2D eigenvalue weighted by Crippen LogP contribution is -2.31. The largest absolute Gasteiger partial charge is 0.488 e. The highest BCUT2D eigenvalue weighted by molar-refractivity contribution is 5.94. The lowest BCUT2D eigenvalue weighted by atomic mass is 10.00. The highest BCUT2D eigenvalue weighted by Gasteiger charge is 2.30. The highest BCUT2D eigenvalue weighted by atomic mass is 19.1. The minimum Gasteiger partial charge on any atom is -0.488 e. The van der Waals surface area contributed by atoms with Crippen LogP contribution in [0, 0.1) is 5.82 Å². The first-order valence-electron chi connectivity index (χ1n) is 10.9. The Kier molecular flexibility index (Phi) is 5.85. The molecule has 2 aromatic carbocycles. The van der Waals surface area contributed by atoms with Crippen molar-refractivity contribution in [1.29, 1.82) is 0 Å². The molecule has 1 atom stereocenters. The number of aromatic nitrogens is 2. The van der Waals surface area contributed by atoms with Crippen molar-refractivity contribution in [2.75, 3.05) is 26.3 Å². The van der Waals surface area contributed by atoms with Gasteiger partial charge in [0.2, 0.25) is 0 Å². The van der Waals surface area contributed by atoms with Crippen LogP contribution in [-0.4, -0.2) is 53.4 Å². The van der Waals surface area contributed by atoms with Crippen molar-refractivity contribution in [1.82, 2.24) is 15.0 Å². The van der Waals surface area contributed by atoms with E-state index in [4.69, 9.17) is 14.0 Å². The van der Waals surface area contributed by atoms with Gasteiger partial charge in [0.05, 0.1) is 17.7 Å². The lowest BCUT2D eigenvalue weighted by molar-refractivity contribution is 0.0767. The summed E-state index contributed by atoms with van der Waals surface area (Å²) >= 11 is 0. The molecule has 0 radical (unpaired) electrons. The monoisotopic (exact) mass is 437 g/mol. The SMILES string of the molecule is O=C(c1ccccc1F)N1CCC(Oc2ccccc2-c2nc(C3CCOCC3)no2)C1. The number of likely N-dealkylation sites (tertiary alicyclic amines) is 1. The van der Waals surface area contributed by atoms with Crippen molar-refractivity contribution in [2.24, 2.45) is 0 Å². The Hall–Kier alpha value is -3.26. The van der Waals surface area contributed by atoms with E-state index in [0.29, 0.717) is 50.2 Å². The van der Waals surface area contributed by atoms with E-state index < -0.39 is 5.82 Å². The predicted molar refractivity (Wildman–Crippen MR) is 114 cm³/mol. The van der Waals surface area contributed by atoms with Crippen LogP contribution in [0.3, 0.4) is 0 Å². The van der Waals surface area contributed by atoms with Gasteiger partial charge in [0, 0.05) is 32.1 Å². The third kappa shape index (κ3) is 4.23. The molecule has 1 aromatic heterocycles. The fraction of sp³-hybridized carbons (Fsp3) is 0.375. The summed E-state index contributed by atoms with van der Waals surface area (Å²) in [5, 5.41) is 4.18. The van der Waals surface area contributed by atoms with Crippen LogP contribution in [0.15, 0.2) is 53.1 Å². The van der Waals surface area contributed by atoms with E-state index >= 15 is 0 Å². The van der Waals surface area contributed by atoms with E-state index in [2.05, 4.69) is 10.1 Å². The Labute approximate surface area is 185 Å². The molecule has 2 aliphatic rings. The average Bonchev–Trinajstić information content (AvgIpc) is 3.50. The Morgan fingerprint density at radius 2 is 1.84 bits per heavy atom. The number of amides is 1. The molecule has 2 aliphatic heterocycles. The Bertz CT molecular complexity index is 1100. The number of nitrogens with zero attached hydrogens (tertiary/aromatic N) is 3. The van der Waals surface area contributed by atoms with Crippen molar-refractivity contribution in [3.63, 3.8) is 0 Å². The second-order valence-electron chi connectivity index (χ2n) is 8.10. The Morgan fingerprint density at radius 3 is 2.69 bits per heavy atom. The summed E-state index contributed by atoms with van der Waals surface area (Å²) in [5.74, 6) is 1.14. The molecule has 0 aliphatic carbocycles. The average molecular weight is 437 g/mol. The zero-order chi connectivity index (χ0) is 21.9. The molecule has 7 nitrogen and oxygen atoms in total. The minimum absolute atomic E-state index is 0.0834. The molecule has 3 heterocycles. The number of rotatable bonds is 5. The van der Waals surface area contributed by atoms with Crippen molar-refractivity contribution < 1.29 is 23.2 Å². The number of benzene rings is 2. The zero-order valence-corrected chi connectivity index (χ0v) is 17.6. The van der Waals surface area contributed by atoms with Gasteiger partial charge in [-0.1, -0.05) is 29.4 Å². The van der Waals surface area contributed by atoms with Crippen LogP contribution >= 0.6 is 0 Å². The predicted octanol–water partition coefficient (Wildman–Crippen LogP) is 4.06. The number of ether oxygens (including phenoxy) is 2. The van der Waals surface area contributed by atoms with E-state index in [9.17, 15) is 9.18 Å². The molecular weight excluding hydrogens is 413 g/mol. The summed E-state index contributed by atoms with van der Waals surface area (Å²) in [6.07, 6.45) is 2.21. The molecule has 32 heavy (non-hydrogen) atoms. The van der Waals surface area contributed by atoms with Gasteiger partial charge in [0.15, 0.2) is 5.82 Å². The second kappa shape index (κ2) is 9.08. The van der Waals surface area contributed by atoms with Crippen LogP contribution in [0.1, 0.15) is 41.4 Å². The second-order valence-corrected chi connectivity index (χ2v) is 8.10. The maximum Gasteiger partial charge on any atom is 0.261 e. The van der Waals surface area contributed by atoms with Crippen LogP contribution in [0.2, 0.25) is 0 Å². The van der Waals surface area contributed by atoms with Crippen LogP contribution in [0.25, 0.3) is 11.5 Å².